The first-order valence-electron chi connectivity index (χ1n) is 6.64. The molecule has 0 radical (unpaired) electrons. The van der Waals surface area contributed by atoms with Gasteiger partial charge in [0.15, 0.2) is 0 Å². The Labute approximate surface area is 118 Å². The zero-order valence-corrected chi connectivity index (χ0v) is 12.1. The number of aromatic hydroxyl groups is 1. The fourth-order valence-electron chi connectivity index (χ4n) is 2.09. The molecule has 20 heavy (non-hydrogen) atoms. The van der Waals surface area contributed by atoms with Crippen LogP contribution in [-0.2, 0) is 11.2 Å². The molecule has 0 aliphatic rings. The van der Waals surface area contributed by atoms with Gasteiger partial charge in [0.25, 0.3) is 0 Å². The first kappa shape index (κ1) is 16.3. The number of aliphatic hydroxyl groups is 1. The van der Waals surface area contributed by atoms with Crippen LogP contribution in [0.3, 0.4) is 0 Å². The summed E-state index contributed by atoms with van der Waals surface area (Å²) in [6, 6.07) is 3.06. The number of aryl methyl sites for hydroxylation is 1. The monoisotopic (exact) mass is 282 g/mol. The standard InChI is InChI=1S/C15H22O5/c1-9(2)6-13(17)11-7-10(4-5-15(18)19)12(16)8-14(11)20-3/h7-9,13,16-17H,4-6H2,1-3H3,(H,18,19)/t13-/m0/s1. The van der Waals surface area contributed by atoms with Crippen LogP contribution < -0.4 is 4.74 Å². The first-order valence-corrected chi connectivity index (χ1v) is 6.64. The minimum absolute atomic E-state index is 0.0106. The minimum atomic E-state index is -0.926. The van der Waals surface area contributed by atoms with Gasteiger partial charge in [-0.15, -0.1) is 0 Å². The van der Waals surface area contributed by atoms with Crippen molar-refractivity contribution in [2.24, 2.45) is 5.92 Å². The second-order valence-corrected chi connectivity index (χ2v) is 5.26. The lowest BCUT2D eigenvalue weighted by Crippen LogP contribution is -2.06. The second-order valence-electron chi connectivity index (χ2n) is 5.26. The Morgan fingerprint density at radius 1 is 1.35 bits per heavy atom. The van der Waals surface area contributed by atoms with Crippen molar-refractivity contribution in [3.8, 4) is 11.5 Å². The highest BCUT2D eigenvalue weighted by Gasteiger charge is 2.18. The smallest absolute Gasteiger partial charge is 0.303 e. The summed E-state index contributed by atoms with van der Waals surface area (Å²) in [7, 11) is 1.47. The molecule has 0 saturated heterocycles. The summed E-state index contributed by atoms with van der Waals surface area (Å²) in [5, 5.41) is 28.8. The summed E-state index contributed by atoms with van der Waals surface area (Å²) in [6.07, 6.45) is 0.0141. The van der Waals surface area contributed by atoms with Gasteiger partial charge in [0, 0.05) is 18.1 Å². The number of carboxylic acid groups (broad SMARTS) is 1. The maximum Gasteiger partial charge on any atom is 0.303 e. The lowest BCUT2D eigenvalue weighted by Gasteiger charge is -2.18. The number of carbonyl (C=O) groups is 1. The van der Waals surface area contributed by atoms with Crippen LogP contribution in [0, 0.1) is 5.92 Å². The van der Waals surface area contributed by atoms with Crippen molar-refractivity contribution in [1.29, 1.82) is 0 Å². The van der Waals surface area contributed by atoms with Gasteiger partial charge in [-0.1, -0.05) is 13.8 Å². The second kappa shape index (κ2) is 7.14. The molecule has 0 amide bonds. The number of hydrogen-bond donors (Lipinski definition) is 3. The van der Waals surface area contributed by atoms with Gasteiger partial charge in [-0.25, -0.2) is 0 Å². The predicted molar refractivity (Wildman–Crippen MR) is 75.0 cm³/mol. The Balaban J connectivity index is 3.07. The molecule has 112 valence electrons. The number of phenolic OH excluding ortho intramolecular Hbond substituents is 1. The molecule has 0 aliphatic carbocycles. The molecule has 1 atom stereocenters. The van der Waals surface area contributed by atoms with E-state index in [9.17, 15) is 15.0 Å². The van der Waals surface area contributed by atoms with E-state index in [4.69, 9.17) is 9.84 Å². The van der Waals surface area contributed by atoms with Crippen molar-refractivity contribution in [2.45, 2.75) is 39.2 Å². The van der Waals surface area contributed by atoms with Crippen molar-refractivity contribution in [2.75, 3.05) is 7.11 Å². The predicted octanol–water partition coefficient (Wildman–Crippen LogP) is 2.50. The van der Waals surface area contributed by atoms with Crippen molar-refractivity contribution in [3.05, 3.63) is 23.3 Å². The number of aliphatic carboxylic acids is 1. The Bertz CT molecular complexity index is 468. The number of rotatable bonds is 7. The van der Waals surface area contributed by atoms with E-state index in [0.717, 1.165) is 0 Å². The van der Waals surface area contributed by atoms with Gasteiger partial charge in [0.2, 0.25) is 0 Å². The first-order chi connectivity index (χ1) is 9.35. The van der Waals surface area contributed by atoms with E-state index in [1.165, 1.54) is 13.2 Å². The molecule has 0 heterocycles. The molecular formula is C15H22O5. The van der Waals surface area contributed by atoms with Crippen LogP contribution in [0.4, 0.5) is 0 Å². The Kier molecular flexibility index (Phi) is 5.82. The lowest BCUT2D eigenvalue weighted by atomic mass is 9.95. The van der Waals surface area contributed by atoms with Gasteiger partial charge in [0.05, 0.1) is 13.2 Å². The van der Waals surface area contributed by atoms with Crippen LogP contribution in [0.15, 0.2) is 12.1 Å². The molecule has 0 spiro atoms. The molecular weight excluding hydrogens is 260 g/mol. The van der Waals surface area contributed by atoms with Crippen molar-refractivity contribution < 1.29 is 24.9 Å². The van der Waals surface area contributed by atoms with Crippen LogP contribution in [0.2, 0.25) is 0 Å². The van der Waals surface area contributed by atoms with Gasteiger partial charge in [-0.2, -0.15) is 0 Å². The normalized spacial score (nSPS) is 12.4. The summed E-state index contributed by atoms with van der Waals surface area (Å²) in [5.74, 6) is -0.214. The number of phenols is 1. The third kappa shape index (κ3) is 4.42. The van der Waals surface area contributed by atoms with E-state index in [1.807, 2.05) is 13.8 Å². The van der Waals surface area contributed by atoms with Crippen LogP contribution in [-0.4, -0.2) is 28.4 Å². The molecule has 0 bridgehead atoms. The van der Waals surface area contributed by atoms with Crippen LogP contribution >= 0.6 is 0 Å². The van der Waals surface area contributed by atoms with Gasteiger partial charge in [-0.3, -0.25) is 4.79 Å². The molecule has 1 rings (SSSR count). The third-order valence-electron chi connectivity index (χ3n) is 3.09. The van der Waals surface area contributed by atoms with Gasteiger partial charge < -0.3 is 20.1 Å². The summed E-state index contributed by atoms with van der Waals surface area (Å²) < 4.78 is 5.17. The van der Waals surface area contributed by atoms with Crippen LogP contribution in [0.5, 0.6) is 11.5 Å². The van der Waals surface area contributed by atoms with E-state index in [0.29, 0.717) is 29.2 Å². The lowest BCUT2D eigenvalue weighted by molar-refractivity contribution is -0.136. The summed E-state index contributed by atoms with van der Waals surface area (Å²) in [4.78, 5) is 10.6. The highest BCUT2D eigenvalue weighted by Crippen LogP contribution is 2.35. The molecule has 1 aromatic carbocycles. The summed E-state index contributed by atoms with van der Waals surface area (Å²) >= 11 is 0. The topological polar surface area (TPSA) is 87.0 Å². The number of carboxylic acids is 1. The molecule has 0 fully saturated rings. The highest BCUT2D eigenvalue weighted by atomic mass is 16.5. The Morgan fingerprint density at radius 2 is 2.00 bits per heavy atom. The van der Waals surface area contributed by atoms with E-state index < -0.39 is 12.1 Å². The zero-order chi connectivity index (χ0) is 15.3. The number of ether oxygens (including phenoxy) is 1. The molecule has 0 saturated carbocycles. The van der Waals surface area contributed by atoms with E-state index in [1.54, 1.807) is 6.07 Å². The maximum atomic E-state index is 10.6. The zero-order valence-electron chi connectivity index (χ0n) is 12.1. The Hall–Kier alpha value is -1.75. The number of aliphatic hydroxyl groups excluding tert-OH is 1. The van der Waals surface area contributed by atoms with Crippen molar-refractivity contribution in [1.82, 2.24) is 0 Å². The summed E-state index contributed by atoms with van der Waals surface area (Å²) in [6.45, 7) is 4.00. The van der Waals surface area contributed by atoms with Crippen molar-refractivity contribution in [3.63, 3.8) is 0 Å². The van der Waals surface area contributed by atoms with E-state index >= 15 is 0 Å². The van der Waals surface area contributed by atoms with Gasteiger partial charge in [0.1, 0.15) is 11.5 Å². The highest BCUT2D eigenvalue weighted by molar-refractivity contribution is 5.67. The number of benzene rings is 1. The Morgan fingerprint density at radius 3 is 2.50 bits per heavy atom. The van der Waals surface area contributed by atoms with E-state index in [2.05, 4.69) is 0 Å². The molecule has 5 heteroatoms. The summed E-state index contributed by atoms with van der Waals surface area (Å²) in [5.41, 5.74) is 1.09. The quantitative estimate of drug-likeness (QED) is 0.715. The molecule has 1 aromatic rings. The molecule has 5 nitrogen and oxygen atoms in total. The van der Waals surface area contributed by atoms with Crippen molar-refractivity contribution >= 4 is 5.97 Å². The molecule has 0 aliphatic heterocycles. The van der Waals surface area contributed by atoms with Gasteiger partial charge in [-0.05, 0) is 30.4 Å². The average Bonchev–Trinajstić information content (AvgIpc) is 2.35. The van der Waals surface area contributed by atoms with Crippen LogP contribution in [0.1, 0.15) is 43.9 Å². The largest absolute Gasteiger partial charge is 0.508 e. The van der Waals surface area contributed by atoms with E-state index in [-0.39, 0.29) is 18.6 Å². The fourth-order valence-corrected chi connectivity index (χ4v) is 2.09. The fraction of sp³-hybridized carbons (Fsp3) is 0.533. The third-order valence-corrected chi connectivity index (χ3v) is 3.09. The average molecular weight is 282 g/mol. The van der Waals surface area contributed by atoms with Gasteiger partial charge >= 0.3 is 5.97 Å². The molecule has 0 aromatic heterocycles. The SMILES string of the molecule is COc1cc(O)c(CCC(=O)O)cc1[C@@H](O)CC(C)C. The number of hydrogen-bond acceptors (Lipinski definition) is 4. The minimum Gasteiger partial charge on any atom is -0.508 e. The molecule has 0 unspecified atom stereocenters. The van der Waals surface area contributed by atoms with Crippen LogP contribution in [0.25, 0.3) is 0 Å². The number of methoxy groups -OCH3 is 1. The maximum absolute atomic E-state index is 10.6. The molecule has 3 N–H and O–H groups in total.